The average molecular weight is 383 g/mol. The van der Waals surface area contributed by atoms with E-state index < -0.39 is 4.92 Å². The Labute approximate surface area is 156 Å². The zero-order valence-corrected chi connectivity index (χ0v) is 16.1. The van der Waals surface area contributed by atoms with E-state index in [4.69, 9.17) is 11.6 Å². The Morgan fingerprint density at radius 1 is 1.35 bits per heavy atom. The quantitative estimate of drug-likeness (QED) is 0.428. The molecule has 0 spiro atoms. The molecule has 142 valence electrons. The second kappa shape index (κ2) is 8.31. The minimum atomic E-state index is -0.542. The summed E-state index contributed by atoms with van der Waals surface area (Å²) in [6.07, 6.45) is 0.725. The largest absolute Gasteiger partial charge is 0.390 e. The number of rotatable bonds is 8. The molecule has 0 aliphatic heterocycles. The molecule has 0 aliphatic carbocycles. The fourth-order valence-corrected chi connectivity index (χ4v) is 2.75. The molecule has 0 saturated carbocycles. The zero-order valence-electron chi connectivity index (χ0n) is 15.3. The predicted octanol–water partition coefficient (Wildman–Crippen LogP) is 2.41. The van der Waals surface area contributed by atoms with Crippen LogP contribution in [0.5, 0.6) is 0 Å². The molecule has 1 N–H and O–H groups in total. The van der Waals surface area contributed by atoms with Crippen LogP contribution >= 0.6 is 11.6 Å². The van der Waals surface area contributed by atoms with Crippen molar-refractivity contribution in [2.75, 3.05) is 6.54 Å². The van der Waals surface area contributed by atoms with Crippen molar-refractivity contribution >= 4 is 23.3 Å². The van der Waals surface area contributed by atoms with Crippen LogP contribution < -0.4 is 5.32 Å². The molecule has 2 aromatic heterocycles. The van der Waals surface area contributed by atoms with Crippen molar-refractivity contribution in [3.8, 4) is 0 Å². The number of nitro groups is 1. The molecular weight excluding hydrogens is 360 g/mol. The van der Waals surface area contributed by atoms with E-state index in [0.717, 1.165) is 17.8 Å². The Morgan fingerprint density at radius 2 is 2.04 bits per heavy atom. The molecule has 26 heavy (non-hydrogen) atoms. The van der Waals surface area contributed by atoms with Crippen LogP contribution in [0, 0.1) is 36.8 Å². The first-order valence-electron chi connectivity index (χ1n) is 8.36. The van der Waals surface area contributed by atoms with E-state index in [2.05, 4.69) is 15.5 Å². The maximum absolute atomic E-state index is 12.2. The van der Waals surface area contributed by atoms with Crippen LogP contribution in [0.25, 0.3) is 0 Å². The molecule has 0 saturated heterocycles. The van der Waals surface area contributed by atoms with Crippen LogP contribution in [0.15, 0.2) is 6.07 Å². The van der Waals surface area contributed by atoms with Gasteiger partial charge in [0.2, 0.25) is 5.91 Å². The van der Waals surface area contributed by atoms with E-state index in [1.807, 2.05) is 18.5 Å². The highest BCUT2D eigenvalue weighted by Crippen LogP contribution is 2.19. The number of halogens is 1. The van der Waals surface area contributed by atoms with Gasteiger partial charge < -0.3 is 15.4 Å². The number of aromatic nitrogens is 4. The number of nitrogens with one attached hydrogen (secondary N) is 1. The predicted molar refractivity (Wildman–Crippen MR) is 97.1 cm³/mol. The van der Waals surface area contributed by atoms with E-state index in [0.29, 0.717) is 30.4 Å². The summed E-state index contributed by atoms with van der Waals surface area (Å²) >= 11 is 6.11. The molecule has 1 amide bonds. The molecule has 0 aromatic carbocycles. The van der Waals surface area contributed by atoms with Gasteiger partial charge in [-0.15, -0.1) is 0 Å². The minimum absolute atomic E-state index is 0.117. The topological polar surface area (TPSA) is 108 Å². The molecule has 0 radical (unpaired) electrons. The molecule has 10 heteroatoms. The Kier molecular flexibility index (Phi) is 6.36. The first-order valence-corrected chi connectivity index (χ1v) is 8.74. The van der Waals surface area contributed by atoms with Crippen molar-refractivity contribution in [2.45, 2.75) is 47.2 Å². The van der Waals surface area contributed by atoms with Crippen LogP contribution in [0.4, 0.5) is 5.82 Å². The van der Waals surface area contributed by atoms with E-state index in [-0.39, 0.29) is 17.6 Å². The fraction of sp³-hybridized carbons (Fsp3) is 0.562. The third-order valence-corrected chi connectivity index (χ3v) is 4.74. The third-order valence-electron chi connectivity index (χ3n) is 4.19. The van der Waals surface area contributed by atoms with Crippen molar-refractivity contribution in [3.63, 3.8) is 0 Å². The van der Waals surface area contributed by atoms with Crippen LogP contribution in [-0.4, -0.2) is 36.9 Å². The normalized spacial score (nSPS) is 12.2. The number of carbonyl (C=O) groups is 1. The number of nitrogens with zero attached hydrogens (tertiary/aromatic N) is 5. The lowest BCUT2D eigenvalue weighted by molar-refractivity contribution is -0.389. The van der Waals surface area contributed by atoms with Crippen molar-refractivity contribution in [1.82, 2.24) is 24.9 Å². The number of hydrogen-bond donors (Lipinski definition) is 1. The highest BCUT2D eigenvalue weighted by Gasteiger charge is 2.20. The lowest BCUT2D eigenvalue weighted by Crippen LogP contribution is -2.33. The summed E-state index contributed by atoms with van der Waals surface area (Å²) in [7, 11) is 0. The molecule has 2 rings (SSSR count). The molecule has 2 heterocycles. The summed E-state index contributed by atoms with van der Waals surface area (Å²) in [5.41, 5.74) is 2.36. The summed E-state index contributed by atoms with van der Waals surface area (Å²) in [6, 6.07) is 1.39. The number of hydrogen-bond acceptors (Lipinski definition) is 5. The van der Waals surface area contributed by atoms with Gasteiger partial charge in [0, 0.05) is 13.1 Å². The number of aryl methyl sites for hydroxylation is 3. The average Bonchev–Trinajstić information content (AvgIpc) is 3.07. The Bertz CT molecular complexity index is 813. The molecule has 1 unspecified atom stereocenters. The molecule has 0 aliphatic rings. The molecule has 9 nitrogen and oxygen atoms in total. The van der Waals surface area contributed by atoms with E-state index in [9.17, 15) is 14.9 Å². The van der Waals surface area contributed by atoms with Gasteiger partial charge in [0.1, 0.15) is 0 Å². The van der Waals surface area contributed by atoms with Gasteiger partial charge >= 0.3 is 5.82 Å². The monoisotopic (exact) mass is 382 g/mol. The maximum Gasteiger partial charge on any atom is 0.390 e. The number of carbonyl (C=O) groups excluding carboxylic acids is 1. The SMILES string of the molecule is Cc1nn(CCCNC(=O)C(C)Cn2nc([N+](=O)[O-])cc2C)c(C)c1Cl. The van der Waals surface area contributed by atoms with Crippen molar-refractivity contribution in [2.24, 2.45) is 5.92 Å². The van der Waals surface area contributed by atoms with Crippen molar-refractivity contribution < 1.29 is 9.72 Å². The first-order chi connectivity index (χ1) is 12.2. The zero-order chi connectivity index (χ0) is 19.4. The Hall–Kier alpha value is -2.42. The van der Waals surface area contributed by atoms with Gasteiger partial charge in [-0.1, -0.05) is 18.5 Å². The lowest BCUT2D eigenvalue weighted by atomic mass is 10.1. The summed E-state index contributed by atoms with van der Waals surface area (Å²) < 4.78 is 3.32. The highest BCUT2D eigenvalue weighted by molar-refractivity contribution is 6.31. The van der Waals surface area contributed by atoms with Gasteiger partial charge in [0.05, 0.1) is 45.7 Å². The van der Waals surface area contributed by atoms with Gasteiger partial charge in [-0.05, 0) is 32.1 Å². The van der Waals surface area contributed by atoms with Crippen molar-refractivity contribution in [1.29, 1.82) is 0 Å². The summed E-state index contributed by atoms with van der Waals surface area (Å²) in [4.78, 5) is 22.4. The maximum atomic E-state index is 12.2. The smallest absolute Gasteiger partial charge is 0.358 e. The van der Waals surface area contributed by atoms with E-state index in [1.165, 1.54) is 10.7 Å². The standard InChI is InChI=1S/C16H23ClN6O3/c1-10(9-22-11(2)8-14(20-22)23(25)26)16(24)18-6-5-7-21-13(4)15(17)12(3)19-21/h8,10H,5-7,9H2,1-4H3,(H,18,24). The summed E-state index contributed by atoms with van der Waals surface area (Å²) in [5, 5.41) is 22.6. The van der Waals surface area contributed by atoms with Gasteiger partial charge in [-0.3, -0.25) is 9.48 Å². The van der Waals surface area contributed by atoms with Gasteiger partial charge in [-0.2, -0.15) is 9.78 Å². The lowest BCUT2D eigenvalue weighted by Gasteiger charge is -2.12. The van der Waals surface area contributed by atoms with Crippen molar-refractivity contribution in [3.05, 3.63) is 38.3 Å². The highest BCUT2D eigenvalue weighted by atomic mass is 35.5. The third kappa shape index (κ3) is 4.60. The van der Waals surface area contributed by atoms with E-state index in [1.54, 1.807) is 13.8 Å². The van der Waals surface area contributed by atoms with Crippen LogP contribution in [0.1, 0.15) is 30.4 Å². The minimum Gasteiger partial charge on any atom is -0.358 e. The second-order valence-corrected chi connectivity index (χ2v) is 6.71. The fourth-order valence-electron chi connectivity index (χ4n) is 2.62. The summed E-state index contributed by atoms with van der Waals surface area (Å²) in [5.74, 6) is -0.677. The second-order valence-electron chi connectivity index (χ2n) is 6.34. The molecule has 0 fully saturated rings. The van der Waals surface area contributed by atoms with E-state index >= 15 is 0 Å². The number of amides is 1. The molecule has 1 atom stereocenters. The van der Waals surface area contributed by atoms with Gasteiger partial charge in [-0.25, -0.2) is 0 Å². The van der Waals surface area contributed by atoms with Crippen LogP contribution in [0.2, 0.25) is 5.02 Å². The van der Waals surface area contributed by atoms with Crippen LogP contribution in [0.3, 0.4) is 0 Å². The van der Waals surface area contributed by atoms with Gasteiger partial charge in [0.25, 0.3) is 0 Å². The van der Waals surface area contributed by atoms with Crippen LogP contribution in [-0.2, 0) is 17.9 Å². The first kappa shape index (κ1) is 19.9. The molecule has 0 bridgehead atoms. The Morgan fingerprint density at radius 3 is 2.58 bits per heavy atom. The molecular formula is C16H23ClN6O3. The molecule has 2 aromatic rings. The van der Waals surface area contributed by atoms with Gasteiger partial charge in [0.15, 0.2) is 0 Å². The summed E-state index contributed by atoms with van der Waals surface area (Å²) in [6.45, 7) is 8.73. The Balaban J connectivity index is 1.80.